The number of benzene rings is 1. The van der Waals surface area contributed by atoms with E-state index < -0.39 is 0 Å². The lowest BCUT2D eigenvalue weighted by Crippen LogP contribution is -2.42. The number of rotatable bonds is 7. The largest absolute Gasteiger partial charge is 0.377 e. The second-order valence-corrected chi connectivity index (χ2v) is 6.90. The van der Waals surface area contributed by atoms with Gasteiger partial charge in [-0.25, -0.2) is 0 Å². The first kappa shape index (κ1) is 17.7. The van der Waals surface area contributed by atoms with Crippen molar-refractivity contribution in [3.63, 3.8) is 0 Å². The van der Waals surface area contributed by atoms with Crippen LogP contribution in [0.1, 0.15) is 25.7 Å². The van der Waals surface area contributed by atoms with E-state index in [1.807, 2.05) is 18.2 Å². The standard InChI is InChI=1S/C18H25ClN2O3/c19-16-7-1-2-8-17(16)20-18(22)13-21(11-14-5-3-9-23-14)12-15-6-4-10-24-15/h1-2,7-8,14-15H,3-6,9-13H2,(H,20,22)/t14-,15-/m0/s1. The van der Waals surface area contributed by atoms with Crippen molar-refractivity contribution in [3.8, 4) is 0 Å². The van der Waals surface area contributed by atoms with Crippen molar-refractivity contribution in [2.45, 2.75) is 37.9 Å². The Hall–Kier alpha value is -1.14. The molecule has 1 aromatic carbocycles. The van der Waals surface area contributed by atoms with Crippen LogP contribution in [0.3, 0.4) is 0 Å². The summed E-state index contributed by atoms with van der Waals surface area (Å²) in [6.45, 7) is 3.52. The van der Waals surface area contributed by atoms with Gasteiger partial charge in [-0.3, -0.25) is 9.69 Å². The van der Waals surface area contributed by atoms with Crippen LogP contribution in [-0.4, -0.2) is 55.9 Å². The van der Waals surface area contributed by atoms with Crippen LogP contribution < -0.4 is 5.32 Å². The molecule has 0 spiro atoms. The Bertz CT molecular complexity index is 525. The topological polar surface area (TPSA) is 50.8 Å². The van der Waals surface area contributed by atoms with E-state index in [0.29, 0.717) is 17.3 Å². The number of para-hydroxylation sites is 1. The Morgan fingerprint density at radius 2 is 1.75 bits per heavy atom. The highest BCUT2D eigenvalue weighted by Gasteiger charge is 2.25. The number of amides is 1. The summed E-state index contributed by atoms with van der Waals surface area (Å²) in [7, 11) is 0. The van der Waals surface area contributed by atoms with Gasteiger partial charge in [-0.2, -0.15) is 0 Å². The SMILES string of the molecule is O=C(CN(C[C@@H]1CCCO1)C[C@@H]1CCCO1)Nc1ccccc1Cl. The van der Waals surface area contributed by atoms with Gasteiger partial charge in [0.05, 0.1) is 29.5 Å². The Morgan fingerprint density at radius 3 is 2.29 bits per heavy atom. The third kappa shape index (κ3) is 5.18. The second-order valence-electron chi connectivity index (χ2n) is 6.49. The zero-order valence-corrected chi connectivity index (χ0v) is 14.6. The van der Waals surface area contributed by atoms with Crippen LogP contribution >= 0.6 is 11.6 Å². The number of nitrogens with zero attached hydrogens (tertiary/aromatic N) is 1. The molecule has 0 radical (unpaired) electrons. The molecule has 2 saturated heterocycles. The zero-order valence-electron chi connectivity index (χ0n) is 13.9. The van der Waals surface area contributed by atoms with Gasteiger partial charge in [0.25, 0.3) is 0 Å². The fourth-order valence-electron chi connectivity index (χ4n) is 3.31. The first-order valence-corrected chi connectivity index (χ1v) is 9.08. The highest BCUT2D eigenvalue weighted by Crippen LogP contribution is 2.21. The van der Waals surface area contributed by atoms with Crippen molar-refractivity contribution in [2.24, 2.45) is 0 Å². The van der Waals surface area contributed by atoms with E-state index in [-0.39, 0.29) is 18.1 Å². The predicted molar refractivity (Wildman–Crippen MR) is 94.5 cm³/mol. The average Bonchev–Trinajstić information content (AvgIpc) is 3.23. The van der Waals surface area contributed by atoms with Crippen LogP contribution in [0.25, 0.3) is 0 Å². The third-order valence-electron chi connectivity index (χ3n) is 4.49. The lowest BCUT2D eigenvalue weighted by atomic mass is 10.2. The molecule has 2 aliphatic rings. The number of hydrogen-bond acceptors (Lipinski definition) is 4. The smallest absolute Gasteiger partial charge is 0.238 e. The summed E-state index contributed by atoms with van der Waals surface area (Å²) in [5, 5.41) is 3.45. The van der Waals surface area contributed by atoms with Crippen molar-refractivity contribution in [3.05, 3.63) is 29.3 Å². The molecule has 3 rings (SSSR count). The fourth-order valence-corrected chi connectivity index (χ4v) is 3.49. The van der Waals surface area contributed by atoms with Gasteiger partial charge >= 0.3 is 0 Å². The summed E-state index contributed by atoms with van der Waals surface area (Å²) >= 11 is 6.11. The molecule has 2 aliphatic heterocycles. The molecule has 0 aromatic heterocycles. The van der Waals surface area contributed by atoms with Gasteiger partial charge in [0, 0.05) is 26.3 Å². The van der Waals surface area contributed by atoms with E-state index in [4.69, 9.17) is 21.1 Å². The molecule has 6 heteroatoms. The summed E-state index contributed by atoms with van der Waals surface area (Å²) in [6, 6.07) is 7.29. The Kier molecular flexibility index (Phi) is 6.49. The number of anilines is 1. The molecule has 0 saturated carbocycles. The molecular formula is C18H25ClN2O3. The van der Waals surface area contributed by atoms with E-state index >= 15 is 0 Å². The Morgan fingerprint density at radius 1 is 1.12 bits per heavy atom. The maximum absolute atomic E-state index is 12.4. The highest BCUT2D eigenvalue weighted by atomic mass is 35.5. The number of nitrogens with one attached hydrogen (secondary N) is 1. The number of carbonyl (C=O) groups excluding carboxylic acids is 1. The molecule has 132 valence electrons. The molecule has 1 aromatic rings. The van der Waals surface area contributed by atoms with Crippen molar-refractivity contribution >= 4 is 23.2 Å². The molecule has 2 heterocycles. The van der Waals surface area contributed by atoms with Crippen molar-refractivity contribution in [2.75, 3.05) is 38.2 Å². The number of ether oxygens (including phenoxy) is 2. The zero-order chi connectivity index (χ0) is 16.8. The number of hydrogen-bond donors (Lipinski definition) is 1. The first-order chi connectivity index (χ1) is 11.7. The average molecular weight is 353 g/mol. The second kappa shape index (κ2) is 8.81. The van der Waals surface area contributed by atoms with Crippen LogP contribution in [0.4, 0.5) is 5.69 Å². The van der Waals surface area contributed by atoms with E-state index in [1.54, 1.807) is 6.07 Å². The number of halogens is 1. The van der Waals surface area contributed by atoms with Crippen LogP contribution in [0.2, 0.25) is 5.02 Å². The van der Waals surface area contributed by atoms with Gasteiger partial charge in [0.15, 0.2) is 0 Å². The summed E-state index contributed by atoms with van der Waals surface area (Å²) in [5.41, 5.74) is 0.651. The van der Waals surface area contributed by atoms with Crippen molar-refractivity contribution in [1.29, 1.82) is 0 Å². The maximum Gasteiger partial charge on any atom is 0.238 e. The quantitative estimate of drug-likeness (QED) is 0.819. The van der Waals surface area contributed by atoms with Gasteiger partial charge in [-0.05, 0) is 37.8 Å². The normalized spacial score (nSPS) is 23.8. The lowest BCUT2D eigenvalue weighted by molar-refractivity contribution is -0.118. The van der Waals surface area contributed by atoms with E-state index in [1.165, 1.54) is 0 Å². The minimum atomic E-state index is -0.0564. The van der Waals surface area contributed by atoms with Gasteiger partial charge in [0.2, 0.25) is 5.91 Å². The molecule has 1 amide bonds. The lowest BCUT2D eigenvalue weighted by Gasteiger charge is -2.27. The summed E-state index contributed by atoms with van der Waals surface area (Å²) in [4.78, 5) is 14.6. The first-order valence-electron chi connectivity index (χ1n) is 8.70. The molecule has 0 unspecified atom stereocenters. The molecule has 24 heavy (non-hydrogen) atoms. The molecule has 0 bridgehead atoms. The Labute approximate surface area is 148 Å². The van der Waals surface area contributed by atoms with Crippen molar-refractivity contribution < 1.29 is 14.3 Å². The van der Waals surface area contributed by atoms with Gasteiger partial charge in [-0.15, -0.1) is 0 Å². The minimum Gasteiger partial charge on any atom is -0.377 e. The summed E-state index contributed by atoms with van der Waals surface area (Å²) in [5.74, 6) is -0.0564. The highest BCUT2D eigenvalue weighted by molar-refractivity contribution is 6.33. The van der Waals surface area contributed by atoms with Crippen molar-refractivity contribution in [1.82, 2.24) is 4.90 Å². The van der Waals surface area contributed by atoms with E-state index in [0.717, 1.165) is 52.0 Å². The predicted octanol–water partition coefficient (Wildman–Crippen LogP) is 2.94. The van der Waals surface area contributed by atoms with Gasteiger partial charge in [-0.1, -0.05) is 23.7 Å². The third-order valence-corrected chi connectivity index (χ3v) is 4.82. The van der Waals surface area contributed by atoms with Crippen LogP contribution in [0, 0.1) is 0 Å². The van der Waals surface area contributed by atoms with E-state index in [2.05, 4.69) is 10.2 Å². The maximum atomic E-state index is 12.4. The van der Waals surface area contributed by atoms with E-state index in [9.17, 15) is 4.79 Å². The van der Waals surface area contributed by atoms with Crippen LogP contribution in [-0.2, 0) is 14.3 Å². The van der Waals surface area contributed by atoms with Crippen LogP contribution in [0.15, 0.2) is 24.3 Å². The van der Waals surface area contributed by atoms with Gasteiger partial charge in [0.1, 0.15) is 0 Å². The molecule has 2 atom stereocenters. The Balaban J connectivity index is 1.56. The molecular weight excluding hydrogens is 328 g/mol. The number of carbonyl (C=O) groups is 1. The van der Waals surface area contributed by atoms with Crippen LogP contribution in [0.5, 0.6) is 0 Å². The molecule has 0 aliphatic carbocycles. The molecule has 1 N–H and O–H groups in total. The summed E-state index contributed by atoms with van der Waals surface area (Å²) in [6.07, 6.45) is 4.77. The minimum absolute atomic E-state index is 0.0564. The van der Waals surface area contributed by atoms with Gasteiger partial charge < -0.3 is 14.8 Å². The fraction of sp³-hybridized carbons (Fsp3) is 0.611. The molecule has 2 fully saturated rings. The monoisotopic (exact) mass is 352 g/mol. The molecule has 5 nitrogen and oxygen atoms in total. The summed E-state index contributed by atoms with van der Waals surface area (Å²) < 4.78 is 11.5.